The summed E-state index contributed by atoms with van der Waals surface area (Å²) in [6, 6.07) is 12.9. The first-order valence-corrected chi connectivity index (χ1v) is 12.5. The zero-order chi connectivity index (χ0) is 27.2. The summed E-state index contributed by atoms with van der Waals surface area (Å²) in [6.07, 6.45) is -0.368. The smallest absolute Gasteiger partial charge is 0.302 e. The van der Waals surface area contributed by atoms with E-state index in [9.17, 15) is 9.59 Å². The van der Waals surface area contributed by atoms with Crippen molar-refractivity contribution in [2.75, 3.05) is 32.3 Å². The summed E-state index contributed by atoms with van der Waals surface area (Å²) in [5.74, 6) is 0.406. The number of hydrogen-bond donors (Lipinski definition) is 0. The Morgan fingerprint density at radius 2 is 1.95 bits per heavy atom. The number of halogens is 1. The summed E-state index contributed by atoms with van der Waals surface area (Å²) in [5.41, 5.74) is 1.47. The van der Waals surface area contributed by atoms with Crippen LogP contribution >= 0.6 is 11.6 Å². The molecule has 1 heterocycles. The molecule has 37 heavy (non-hydrogen) atoms. The number of methoxy groups -OCH3 is 2. The summed E-state index contributed by atoms with van der Waals surface area (Å²) in [4.78, 5) is 27.1. The lowest BCUT2D eigenvalue weighted by molar-refractivity contribution is -0.143. The standard InChI is InChI=1S/C28H33ClN2O6/c1-18(32)36-17-28(2,3)16-31-22-13-12-19(29)15-21(22)25(37-24(27(31)33)10-6-7-14-30)20-9-8-11-23(34-4)26(20)35-5/h8-9,11-13,15,24-25H,6-7,10,16-17H2,1-5H3. The van der Waals surface area contributed by atoms with Crippen LogP contribution in [0.4, 0.5) is 5.69 Å². The van der Waals surface area contributed by atoms with Crippen LogP contribution in [0.2, 0.25) is 5.02 Å². The number of carbonyl (C=O) groups is 2. The molecule has 0 saturated heterocycles. The van der Waals surface area contributed by atoms with Crippen LogP contribution in [0.5, 0.6) is 11.5 Å². The number of para-hydroxylation sites is 1. The molecular weight excluding hydrogens is 496 g/mol. The summed E-state index contributed by atoms with van der Waals surface area (Å²) in [6.45, 7) is 5.63. The van der Waals surface area contributed by atoms with Crippen molar-refractivity contribution >= 4 is 29.2 Å². The van der Waals surface area contributed by atoms with Crippen molar-refractivity contribution < 1.29 is 28.5 Å². The van der Waals surface area contributed by atoms with Gasteiger partial charge >= 0.3 is 5.97 Å². The molecule has 9 heteroatoms. The van der Waals surface area contributed by atoms with Crippen LogP contribution in [0.15, 0.2) is 36.4 Å². The fourth-order valence-corrected chi connectivity index (χ4v) is 4.60. The van der Waals surface area contributed by atoms with Crippen molar-refractivity contribution in [1.29, 1.82) is 5.26 Å². The van der Waals surface area contributed by atoms with Crippen molar-refractivity contribution in [3.8, 4) is 17.6 Å². The Morgan fingerprint density at radius 3 is 2.59 bits per heavy atom. The Labute approximate surface area is 223 Å². The van der Waals surface area contributed by atoms with E-state index in [1.54, 1.807) is 43.4 Å². The van der Waals surface area contributed by atoms with Crippen LogP contribution in [0, 0.1) is 16.7 Å². The molecule has 198 valence electrons. The highest BCUT2D eigenvalue weighted by molar-refractivity contribution is 6.30. The predicted octanol–water partition coefficient (Wildman–Crippen LogP) is 5.46. The molecule has 0 aromatic heterocycles. The van der Waals surface area contributed by atoms with Crippen molar-refractivity contribution in [2.45, 2.75) is 52.2 Å². The highest BCUT2D eigenvalue weighted by Gasteiger charge is 2.40. The van der Waals surface area contributed by atoms with E-state index in [0.717, 1.165) is 0 Å². The van der Waals surface area contributed by atoms with Gasteiger partial charge in [0.2, 0.25) is 0 Å². The molecule has 8 nitrogen and oxygen atoms in total. The van der Waals surface area contributed by atoms with Gasteiger partial charge in [-0.2, -0.15) is 5.26 Å². The topological polar surface area (TPSA) is 98.1 Å². The molecule has 0 radical (unpaired) electrons. The van der Waals surface area contributed by atoms with Gasteiger partial charge in [0.1, 0.15) is 12.2 Å². The number of hydrogen-bond acceptors (Lipinski definition) is 7. The number of amides is 1. The maximum atomic E-state index is 14.0. The number of esters is 1. The molecular formula is C28H33ClN2O6. The summed E-state index contributed by atoms with van der Waals surface area (Å²) >= 11 is 6.45. The lowest BCUT2D eigenvalue weighted by Crippen LogP contribution is -2.45. The average molecular weight is 529 g/mol. The van der Waals surface area contributed by atoms with Crippen LogP contribution in [0.3, 0.4) is 0 Å². The molecule has 2 atom stereocenters. The van der Waals surface area contributed by atoms with Gasteiger partial charge in [-0.05, 0) is 37.1 Å². The van der Waals surface area contributed by atoms with Crippen LogP contribution in [-0.4, -0.2) is 45.4 Å². The van der Waals surface area contributed by atoms with Crippen LogP contribution < -0.4 is 14.4 Å². The average Bonchev–Trinajstić information content (AvgIpc) is 2.97. The number of nitriles is 1. The van der Waals surface area contributed by atoms with E-state index >= 15 is 0 Å². The second kappa shape index (κ2) is 12.3. The quantitative estimate of drug-likeness (QED) is 0.298. The van der Waals surface area contributed by atoms with E-state index in [1.807, 2.05) is 26.0 Å². The molecule has 1 aliphatic heterocycles. The number of benzene rings is 2. The van der Waals surface area contributed by atoms with Gasteiger partial charge in [-0.1, -0.05) is 37.6 Å². The van der Waals surface area contributed by atoms with Gasteiger partial charge in [0, 0.05) is 47.1 Å². The monoisotopic (exact) mass is 528 g/mol. The summed E-state index contributed by atoms with van der Waals surface area (Å²) < 4.78 is 23.0. The highest BCUT2D eigenvalue weighted by Crippen LogP contribution is 2.45. The molecule has 0 bridgehead atoms. The van der Waals surface area contributed by atoms with Gasteiger partial charge in [0.05, 0.1) is 26.9 Å². The molecule has 1 aliphatic rings. The first kappa shape index (κ1) is 28.3. The van der Waals surface area contributed by atoms with E-state index in [-0.39, 0.29) is 25.0 Å². The molecule has 3 rings (SSSR count). The number of anilines is 1. The Hall–Kier alpha value is -3.28. The first-order chi connectivity index (χ1) is 17.6. The van der Waals surface area contributed by atoms with Gasteiger partial charge in [0.15, 0.2) is 11.5 Å². The zero-order valence-electron chi connectivity index (χ0n) is 21.9. The molecule has 0 aliphatic carbocycles. The number of unbranched alkanes of at least 4 members (excludes halogenated alkanes) is 1. The van der Waals surface area contributed by atoms with Crippen molar-refractivity contribution in [3.63, 3.8) is 0 Å². The fourth-order valence-electron chi connectivity index (χ4n) is 4.42. The Morgan fingerprint density at radius 1 is 1.19 bits per heavy atom. The Kier molecular flexibility index (Phi) is 9.41. The molecule has 2 aromatic rings. The minimum Gasteiger partial charge on any atom is -0.493 e. The number of fused-ring (bicyclic) bond motifs is 1. The Balaban J connectivity index is 2.17. The molecule has 0 saturated carbocycles. The lowest BCUT2D eigenvalue weighted by atomic mass is 9.92. The minimum atomic E-state index is -0.829. The first-order valence-electron chi connectivity index (χ1n) is 12.1. The maximum absolute atomic E-state index is 14.0. The fraction of sp³-hybridized carbons (Fsp3) is 0.464. The molecule has 2 unspecified atom stereocenters. The number of ether oxygens (including phenoxy) is 4. The largest absolute Gasteiger partial charge is 0.493 e. The van der Waals surface area contributed by atoms with E-state index in [4.69, 9.17) is 35.8 Å². The normalized spacial score (nSPS) is 17.4. The van der Waals surface area contributed by atoms with Crippen LogP contribution in [-0.2, 0) is 19.1 Å². The van der Waals surface area contributed by atoms with Gasteiger partial charge in [-0.25, -0.2) is 0 Å². The summed E-state index contributed by atoms with van der Waals surface area (Å²) in [5, 5.41) is 9.57. The molecule has 0 N–H and O–H groups in total. The van der Waals surface area contributed by atoms with E-state index < -0.39 is 17.6 Å². The van der Waals surface area contributed by atoms with Crippen molar-refractivity contribution in [1.82, 2.24) is 0 Å². The second-order valence-electron chi connectivity index (χ2n) is 9.71. The highest BCUT2D eigenvalue weighted by atomic mass is 35.5. The van der Waals surface area contributed by atoms with Crippen LogP contribution in [0.1, 0.15) is 57.3 Å². The summed E-state index contributed by atoms with van der Waals surface area (Å²) in [7, 11) is 3.11. The van der Waals surface area contributed by atoms with Gasteiger partial charge < -0.3 is 23.8 Å². The second-order valence-corrected chi connectivity index (χ2v) is 10.1. The Bertz CT molecular complexity index is 1180. The maximum Gasteiger partial charge on any atom is 0.302 e. The third kappa shape index (κ3) is 6.73. The van der Waals surface area contributed by atoms with Gasteiger partial charge in [-0.15, -0.1) is 0 Å². The molecule has 1 amide bonds. The third-order valence-electron chi connectivity index (χ3n) is 6.13. The number of carbonyl (C=O) groups excluding carboxylic acids is 2. The SMILES string of the molecule is COc1cccc(C2OC(CCCC#N)C(=O)N(CC(C)(C)COC(C)=O)c3ccc(Cl)cc32)c1OC. The lowest BCUT2D eigenvalue weighted by Gasteiger charge is -2.33. The van der Waals surface area contributed by atoms with E-state index in [0.29, 0.717) is 52.6 Å². The van der Waals surface area contributed by atoms with Gasteiger partial charge in [-0.3, -0.25) is 9.59 Å². The predicted molar refractivity (Wildman–Crippen MR) is 140 cm³/mol. The molecule has 0 spiro atoms. The number of nitrogens with zero attached hydrogens (tertiary/aromatic N) is 2. The number of rotatable bonds is 10. The third-order valence-corrected chi connectivity index (χ3v) is 6.36. The molecule has 0 fully saturated rings. The van der Waals surface area contributed by atoms with E-state index in [1.165, 1.54) is 6.92 Å². The van der Waals surface area contributed by atoms with Crippen molar-refractivity contribution in [2.24, 2.45) is 5.41 Å². The van der Waals surface area contributed by atoms with Crippen LogP contribution in [0.25, 0.3) is 0 Å². The van der Waals surface area contributed by atoms with Crippen molar-refractivity contribution in [3.05, 3.63) is 52.5 Å². The van der Waals surface area contributed by atoms with E-state index in [2.05, 4.69) is 6.07 Å². The zero-order valence-corrected chi connectivity index (χ0v) is 22.6. The minimum absolute atomic E-state index is 0.141. The molecule has 2 aromatic carbocycles. The van der Waals surface area contributed by atoms with Gasteiger partial charge in [0.25, 0.3) is 5.91 Å².